The maximum atomic E-state index is 13.6. The zero-order chi connectivity index (χ0) is 18.7. The predicted molar refractivity (Wildman–Crippen MR) is 100 cm³/mol. The molecule has 4 nitrogen and oxygen atoms in total. The third-order valence-corrected chi connectivity index (χ3v) is 4.54. The minimum atomic E-state index is -0.579. The summed E-state index contributed by atoms with van der Waals surface area (Å²) in [6.07, 6.45) is 2.37. The maximum absolute atomic E-state index is 13.6. The number of benzene rings is 2. The molecule has 0 bridgehead atoms. The van der Waals surface area contributed by atoms with Crippen LogP contribution in [0.5, 0.6) is 5.75 Å². The molecule has 0 saturated heterocycles. The Bertz CT molecular complexity index is 962. The number of anilines is 1. The molecule has 0 aliphatic rings. The van der Waals surface area contributed by atoms with Gasteiger partial charge < -0.3 is 10.5 Å². The molecule has 0 aliphatic heterocycles. The topological polar surface area (TPSA) is 65.2 Å². The zero-order valence-electron chi connectivity index (χ0n) is 13.4. The molecule has 26 heavy (non-hydrogen) atoms. The SMILES string of the molecule is Nc1ncc(-c2ccc(C=O)cc2)cc1OCc1c(Cl)ccc(F)c1Cl. The van der Waals surface area contributed by atoms with Crippen LogP contribution in [0.1, 0.15) is 15.9 Å². The van der Waals surface area contributed by atoms with Gasteiger partial charge in [0.2, 0.25) is 0 Å². The van der Waals surface area contributed by atoms with E-state index in [0.717, 1.165) is 17.4 Å². The Morgan fingerprint density at radius 1 is 1.12 bits per heavy atom. The maximum Gasteiger partial charge on any atom is 0.166 e. The number of aldehydes is 1. The standard InChI is InChI=1S/C19H13Cl2FN2O2/c20-15-5-6-16(22)18(21)14(15)10-26-17-7-13(8-24-19(17)23)12-3-1-11(9-25)2-4-12/h1-9H,10H2,(H2,23,24). The van der Waals surface area contributed by atoms with Crippen LogP contribution in [0.4, 0.5) is 10.2 Å². The first kappa shape index (κ1) is 18.2. The van der Waals surface area contributed by atoms with Gasteiger partial charge in [-0.2, -0.15) is 0 Å². The first-order chi connectivity index (χ1) is 12.5. The summed E-state index contributed by atoms with van der Waals surface area (Å²) in [5.41, 5.74) is 8.36. The monoisotopic (exact) mass is 390 g/mol. The lowest BCUT2D eigenvalue weighted by atomic mass is 10.1. The zero-order valence-corrected chi connectivity index (χ0v) is 14.9. The van der Waals surface area contributed by atoms with Crippen LogP contribution in [-0.4, -0.2) is 11.3 Å². The fraction of sp³-hybridized carbons (Fsp3) is 0.0526. The Morgan fingerprint density at radius 3 is 2.54 bits per heavy atom. The summed E-state index contributed by atoms with van der Waals surface area (Å²) >= 11 is 12.0. The number of nitrogen functional groups attached to an aromatic ring is 1. The third kappa shape index (κ3) is 3.79. The molecule has 7 heteroatoms. The van der Waals surface area contributed by atoms with Crippen molar-refractivity contribution in [2.75, 3.05) is 5.73 Å². The van der Waals surface area contributed by atoms with E-state index in [2.05, 4.69) is 4.98 Å². The lowest BCUT2D eigenvalue weighted by Gasteiger charge is -2.12. The van der Waals surface area contributed by atoms with Crippen molar-refractivity contribution in [1.82, 2.24) is 4.98 Å². The fourth-order valence-electron chi connectivity index (χ4n) is 2.33. The van der Waals surface area contributed by atoms with E-state index in [9.17, 15) is 9.18 Å². The number of pyridine rings is 1. The van der Waals surface area contributed by atoms with E-state index < -0.39 is 5.82 Å². The van der Waals surface area contributed by atoms with Gasteiger partial charge in [0.05, 0.1) is 5.02 Å². The molecule has 132 valence electrons. The molecule has 0 unspecified atom stereocenters. The second kappa shape index (κ2) is 7.72. The molecule has 0 aliphatic carbocycles. The van der Waals surface area contributed by atoms with Crippen molar-refractivity contribution in [3.05, 3.63) is 75.7 Å². The summed E-state index contributed by atoms with van der Waals surface area (Å²) in [4.78, 5) is 14.9. The van der Waals surface area contributed by atoms with Crippen molar-refractivity contribution in [2.24, 2.45) is 0 Å². The molecule has 1 heterocycles. The van der Waals surface area contributed by atoms with Gasteiger partial charge in [0.1, 0.15) is 18.7 Å². The summed E-state index contributed by atoms with van der Waals surface area (Å²) in [5, 5.41) is 0.202. The number of nitrogens with two attached hydrogens (primary N) is 1. The second-order valence-corrected chi connectivity index (χ2v) is 6.24. The first-order valence-corrected chi connectivity index (χ1v) is 8.31. The van der Waals surface area contributed by atoms with Crippen LogP contribution in [-0.2, 0) is 6.61 Å². The van der Waals surface area contributed by atoms with Crippen molar-refractivity contribution >= 4 is 35.3 Å². The molecule has 3 aromatic rings. The number of aromatic nitrogens is 1. The molecular weight excluding hydrogens is 378 g/mol. The second-order valence-electron chi connectivity index (χ2n) is 5.46. The highest BCUT2D eigenvalue weighted by Gasteiger charge is 2.13. The first-order valence-electron chi connectivity index (χ1n) is 7.56. The van der Waals surface area contributed by atoms with E-state index in [4.69, 9.17) is 33.7 Å². The van der Waals surface area contributed by atoms with Gasteiger partial charge in [0.25, 0.3) is 0 Å². The number of rotatable bonds is 5. The summed E-state index contributed by atoms with van der Waals surface area (Å²) in [6.45, 7) is -0.0607. The van der Waals surface area contributed by atoms with Crippen LogP contribution in [0.15, 0.2) is 48.7 Å². The number of carbonyl (C=O) groups excluding carboxylic acids is 1. The number of halogens is 3. The van der Waals surface area contributed by atoms with Crippen LogP contribution in [0.25, 0.3) is 11.1 Å². The van der Waals surface area contributed by atoms with Gasteiger partial charge in [-0.25, -0.2) is 9.37 Å². The van der Waals surface area contributed by atoms with Crippen LogP contribution in [0.2, 0.25) is 10.0 Å². The van der Waals surface area contributed by atoms with E-state index in [-0.39, 0.29) is 17.4 Å². The van der Waals surface area contributed by atoms with Gasteiger partial charge in [0.15, 0.2) is 11.6 Å². The lowest BCUT2D eigenvalue weighted by Crippen LogP contribution is -2.02. The molecule has 0 amide bonds. The molecule has 2 aromatic carbocycles. The van der Waals surface area contributed by atoms with Gasteiger partial charge in [-0.3, -0.25) is 4.79 Å². The molecule has 0 radical (unpaired) electrons. The minimum absolute atomic E-state index is 0.0607. The normalized spacial score (nSPS) is 10.6. The van der Waals surface area contributed by atoms with Crippen molar-refractivity contribution in [2.45, 2.75) is 6.61 Å². The van der Waals surface area contributed by atoms with E-state index >= 15 is 0 Å². The molecule has 1 aromatic heterocycles. The Kier molecular flexibility index (Phi) is 5.40. The van der Waals surface area contributed by atoms with Crippen molar-refractivity contribution in [3.63, 3.8) is 0 Å². The highest BCUT2D eigenvalue weighted by molar-refractivity contribution is 6.36. The summed E-state index contributed by atoms with van der Waals surface area (Å²) < 4.78 is 19.3. The van der Waals surface area contributed by atoms with Gasteiger partial charge in [-0.1, -0.05) is 47.5 Å². The molecule has 0 atom stereocenters. The molecular formula is C19H13Cl2FN2O2. The van der Waals surface area contributed by atoms with E-state index in [1.165, 1.54) is 12.1 Å². The van der Waals surface area contributed by atoms with Crippen LogP contribution in [0, 0.1) is 5.82 Å². The summed E-state index contributed by atoms with van der Waals surface area (Å²) in [5.74, 6) is -0.0787. The largest absolute Gasteiger partial charge is 0.485 e. The van der Waals surface area contributed by atoms with Crippen LogP contribution >= 0.6 is 23.2 Å². The lowest BCUT2D eigenvalue weighted by molar-refractivity contribution is 0.112. The number of ether oxygens (including phenoxy) is 1. The highest BCUT2D eigenvalue weighted by atomic mass is 35.5. The molecule has 2 N–H and O–H groups in total. The number of carbonyl (C=O) groups is 1. The Morgan fingerprint density at radius 2 is 1.85 bits per heavy atom. The average molecular weight is 391 g/mol. The Balaban J connectivity index is 1.86. The predicted octanol–water partition coefficient (Wildman–Crippen LogP) is 5.17. The Labute approximate surface area is 159 Å². The van der Waals surface area contributed by atoms with Gasteiger partial charge in [0, 0.05) is 27.9 Å². The van der Waals surface area contributed by atoms with E-state index in [1.807, 2.05) is 0 Å². The summed E-state index contributed by atoms with van der Waals surface area (Å²) in [6, 6.07) is 11.3. The third-order valence-electron chi connectivity index (χ3n) is 3.77. The molecule has 0 spiro atoms. The number of nitrogens with zero attached hydrogens (tertiary/aromatic N) is 1. The number of hydrogen-bond acceptors (Lipinski definition) is 4. The molecule has 3 rings (SSSR count). The van der Waals surface area contributed by atoms with E-state index in [1.54, 1.807) is 36.5 Å². The Hall–Kier alpha value is -2.63. The average Bonchev–Trinajstić information content (AvgIpc) is 2.66. The summed E-state index contributed by atoms with van der Waals surface area (Å²) in [7, 11) is 0. The van der Waals surface area contributed by atoms with Crippen LogP contribution in [0.3, 0.4) is 0 Å². The molecule has 0 saturated carbocycles. The fourth-order valence-corrected chi connectivity index (χ4v) is 2.81. The smallest absolute Gasteiger partial charge is 0.166 e. The quantitative estimate of drug-likeness (QED) is 0.482. The van der Waals surface area contributed by atoms with E-state index in [0.29, 0.717) is 21.9 Å². The van der Waals surface area contributed by atoms with Gasteiger partial charge in [-0.15, -0.1) is 0 Å². The molecule has 0 fully saturated rings. The van der Waals surface area contributed by atoms with Crippen molar-refractivity contribution in [1.29, 1.82) is 0 Å². The highest BCUT2D eigenvalue weighted by Crippen LogP contribution is 2.31. The van der Waals surface area contributed by atoms with Gasteiger partial charge in [-0.05, 0) is 23.8 Å². The number of hydrogen-bond donors (Lipinski definition) is 1. The van der Waals surface area contributed by atoms with Crippen molar-refractivity contribution < 1.29 is 13.9 Å². The minimum Gasteiger partial charge on any atom is -0.485 e. The van der Waals surface area contributed by atoms with Gasteiger partial charge >= 0.3 is 0 Å². The van der Waals surface area contributed by atoms with Crippen molar-refractivity contribution in [3.8, 4) is 16.9 Å². The van der Waals surface area contributed by atoms with Crippen LogP contribution < -0.4 is 10.5 Å².